The van der Waals surface area contributed by atoms with Gasteiger partial charge >= 0.3 is 0 Å². The largest absolute Gasteiger partial charge is 0.352 e. The van der Waals surface area contributed by atoms with E-state index in [2.05, 4.69) is 22.4 Å². The number of thiophene rings is 1. The second kappa shape index (κ2) is 7.04. The molecule has 1 aromatic carbocycles. The number of hydrogen-bond donors (Lipinski definition) is 1. The van der Waals surface area contributed by atoms with Gasteiger partial charge in [0.2, 0.25) is 5.91 Å². The maximum Gasteiger partial charge on any atom is 0.225 e. The highest BCUT2D eigenvalue weighted by atomic mass is 32.1. The van der Waals surface area contributed by atoms with E-state index in [4.69, 9.17) is 0 Å². The zero-order valence-corrected chi connectivity index (χ0v) is 12.9. The first-order valence-electron chi connectivity index (χ1n) is 7.13. The van der Waals surface area contributed by atoms with Gasteiger partial charge in [-0.2, -0.15) is 0 Å². The smallest absolute Gasteiger partial charge is 0.225 e. The number of benzene rings is 1. The minimum atomic E-state index is 0.0554. The fourth-order valence-electron chi connectivity index (χ4n) is 2.29. The van der Waals surface area contributed by atoms with Gasteiger partial charge in [-0.15, -0.1) is 11.3 Å². The lowest BCUT2D eigenvalue weighted by Crippen LogP contribution is -2.24. The van der Waals surface area contributed by atoms with Crippen LogP contribution in [0.5, 0.6) is 0 Å². The SMILES string of the molecule is O=C(Cc1cccs1)NCc1ccccc1Cn1ccnc1. The van der Waals surface area contributed by atoms with Crippen LogP contribution < -0.4 is 5.32 Å². The van der Waals surface area contributed by atoms with E-state index in [9.17, 15) is 4.79 Å². The minimum Gasteiger partial charge on any atom is -0.352 e. The van der Waals surface area contributed by atoms with E-state index in [0.29, 0.717) is 13.0 Å². The van der Waals surface area contributed by atoms with Gasteiger partial charge < -0.3 is 9.88 Å². The molecule has 0 spiro atoms. The number of rotatable bonds is 6. The third kappa shape index (κ3) is 3.83. The van der Waals surface area contributed by atoms with Crippen LogP contribution in [0.25, 0.3) is 0 Å². The molecule has 22 heavy (non-hydrogen) atoms. The molecule has 0 aliphatic heterocycles. The van der Waals surface area contributed by atoms with Crippen LogP contribution in [0.1, 0.15) is 16.0 Å². The lowest BCUT2D eigenvalue weighted by atomic mass is 10.1. The van der Waals surface area contributed by atoms with Crippen molar-refractivity contribution in [1.29, 1.82) is 0 Å². The monoisotopic (exact) mass is 311 g/mol. The van der Waals surface area contributed by atoms with Crippen LogP contribution in [0.3, 0.4) is 0 Å². The molecule has 1 amide bonds. The molecule has 0 radical (unpaired) electrons. The van der Waals surface area contributed by atoms with Crippen molar-refractivity contribution in [2.45, 2.75) is 19.5 Å². The van der Waals surface area contributed by atoms with E-state index in [1.807, 2.05) is 40.4 Å². The topological polar surface area (TPSA) is 46.9 Å². The molecule has 112 valence electrons. The predicted octanol–water partition coefficient (Wildman–Crippen LogP) is 2.85. The highest BCUT2D eigenvalue weighted by molar-refractivity contribution is 7.10. The minimum absolute atomic E-state index is 0.0554. The Balaban J connectivity index is 1.61. The van der Waals surface area contributed by atoms with E-state index in [1.54, 1.807) is 23.9 Å². The maximum absolute atomic E-state index is 12.0. The van der Waals surface area contributed by atoms with E-state index in [0.717, 1.165) is 17.0 Å². The molecule has 0 aliphatic carbocycles. The molecule has 2 aromatic heterocycles. The third-order valence-corrected chi connectivity index (χ3v) is 4.30. The van der Waals surface area contributed by atoms with Gasteiger partial charge in [0.25, 0.3) is 0 Å². The Kier molecular flexibility index (Phi) is 4.65. The van der Waals surface area contributed by atoms with Crippen molar-refractivity contribution in [2.75, 3.05) is 0 Å². The molecule has 0 fully saturated rings. The molecule has 0 bridgehead atoms. The van der Waals surface area contributed by atoms with Crippen molar-refractivity contribution in [1.82, 2.24) is 14.9 Å². The standard InChI is InChI=1S/C17H17N3OS/c21-17(10-16-6-3-9-22-16)19-11-14-4-1-2-5-15(14)12-20-8-7-18-13-20/h1-9,13H,10-12H2,(H,19,21). The van der Waals surface area contributed by atoms with Gasteiger partial charge in [0.05, 0.1) is 12.7 Å². The summed E-state index contributed by atoms with van der Waals surface area (Å²) in [6.45, 7) is 1.31. The van der Waals surface area contributed by atoms with Gasteiger partial charge in [-0.1, -0.05) is 30.3 Å². The number of amides is 1. The van der Waals surface area contributed by atoms with Crippen molar-refractivity contribution in [3.63, 3.8) is 0 Å². The van der Waals surface area contributed by atoms with Crippen molar-refractivity contribution in [3.8, 4) is 0 Å². The fourth-order valence-corrected chi connectivity index (χ4v) is 2.99. The summed E-state index contributed by atoms with van der Waals surface area (Å²) in [5.41, 5.74) is 2.33. The van der Waals surface area contributed by atoms with Gasteiger partial charge in [-0.05, 0) is 22.6 Å². The molecule has 0 atom stereocenters. The lowest BCUT2D eigenvalue weighted by molar-refractivity contribution is -0.120. The van der Waals surface area contributed by atoms with Gasteiger partial charge in [0, 0.05) is 30.4 Å². The Morgan fingerprint density at radius 2 is 2.05 bits per heavy atom. The summed E-state index contributed by atoms with van der Waals surface area (Å²) in [6.07, 6.45) is 5.95. The maximum atomic E-state index is 12.0. The summed E-state index contributed by atoms with van der Waals surface area (Å²) in [5.74, 6) is 0.0554. The molecule has 0 unspecified atom stereocenters. The van der Waals surface area contributed by atoms with Crippen molar-refractivity contribution >= 4 is 17.2 Å². The number of carbonyl (C=O) groups is 1. The second-order valence-corrected chi connectivity index (χ2v) is 6.07. The summed E-state index contributed by atoms with van der Waals surface area (Å²) >= 11 is 1.61. The number of nitrogens with zero attached hydrogens (tertiary/aromatic N) is 2. The van der Waals surface area contributed by atoms with Crippen molar-refractivity contribution in [2.24, 2.45) is 0 Å². The van der Waals surface area contributed by atoms with Crippen molar-refractivity contribution in [3.05, 3.63) is 76.5 Å². The zero-order chi connectivity index (χ0) is 15.2. The Bertz CT molecular complexity index is 720. The first kappa shape index (κ1) is 14.5. The zero-order valence-electron chi connectivity index (χ0n) is 12.1. The second-order valence-electron chi connectivity index (χ2n) is 5.04. The van der Waals surface area contributed by atoms with Crippen LogP contribution in [0.4, 0.5) is 0 Å². The molecule has 3 aromatic rings. The van der Waals surface area contributed by atoms with Gasteiger partial charge in [-0.25, -0.2) is 4.98 Å². The number of imidazole rings is 1. The van der Waals surface area contributed by atoms with Crippen LogP contribution in [0.2, 0.25) is 0 Å². The summed E-state index contributed by atoms with van der Waals surface area (Å²) in [7, 11) is 0. The van der Waals surface area contributed by atoms with E-state index in [1.165, 1.54) is 5.56 Å². The van der Waals surface area contributed by atoms with E-state index < -0.39 is 0 Å². The van der Waals surface area contributed by atoms with Crippen LogP contribution in [0, 0.1) is 0 Å². The van der Waals surface area contributed by atoms with Crippen LogP contribution in [-0.4, -0.2) is 15.5 Å². The summed E-state index contributed by atoms with van der Waals surface area (Å²) in [5, 5.41) is 4.99. The lowest BCUT2D eigenvalue weighted by Gasteiger charge is -2.11. The molecule has 0 saturated heterocycles. The van der Waals surface area contributed by atoms with E-state index in [-0.39, 0.29) is 5.91 Å². The van der Waals surface area contributed by atoms with Crippen LogP contribution in [0.15, 0.2) is 60.5 Å². The Morgan fingerprint density at radius 1 is 1.18 bits per heavy atom. The van der Waals surface area contributed by atoms with Gasteiger partial charge in [0.1, 0.15) is 0 Å². The molecule has 5 heteroatoms. The molecular formula is C17H17N3OS. The average Bonchev–Trinajstić information content (AvgIpc) is 3.20. The molecule has 0 aliphatic rings. The normalized spacial score (nSPS) is 10.5. The quantitative estimate of drug-likeness (QED) is 0.761. The van der Waals surface area contributed by atoms with Crippen LogP contribution in [-0.2, 0) is 24.3 Å². The van der Waals surface area contributed by atoms with Crippen molar-refractivity contribution < 1.29 is 4.79 Å². The Labute approximate surface area is 133 Å². The molecule has 3 rings (SSSR count). The summed E-state index contributed by atoms with van der Waals surface area (Å²) in [6, 6.07) is 12.1. The Morgan fingerprint density at radius 3 is 2.77 bits per heavy atom. The van der Waals surface area contributed by atoms with Crippen LogP contribution >= 0.6 is 11.3 Å². The average molecular weight is 311 g/mol. The van der Waals surface area contributed by atoms with Gasteiger partial charge in [0.15, 0.2) is 0 Å². The highest BCUT2D eigenvalue weighted by Crippen LogP contribution is 2.12. The summed E-state index contributed by atoms with van der Waals surface area (Å²) in [4.78, 5) is 17.1. The van der Waals surface area contributed by atoms with Gasteiger partial charge in [-0.3, -0.25) is 4.79 Å². The Hall–Kier alpha value is -2.40. The fraction of sp³-hybridized carbons (Fsp3) is 0.176. The number of hydrogen-bond acceptors (Lipinski definition) is 3. The molecule has 1 N–H and O–H groups in total. The number of aromatic nitrogens is 2. The predicted molar refractivity (Wildman–Crippen MR) is 87.6 cm³/mol. The molecule has 0 saturated carbocycles. The molecule has 4 nitrogen and oxygen atoms in total. The first-order chi connectivity index (χ1) is 10.8. The molecule has 2 heterocycles. The molecular weight excluding hydrogens is 294 g/mol. The number of carbonyl (C=O) groups excluding carboxylic acids is 1. The first-order valence-corrected chi connectivity index (χ1v) is 8.01. The van der Waals surface area contributed by atoms with E-state index >= 15 is 0 Å². The summed E-state index contributed by atoms with van der Waals surface area (Å²) < 4.78 is 2.02. The highest BCUT2D eigenvalue weighted by Gasteiger charge is 2.07. The third-order valence-electron chi connectivity index (χ3n) is 3.42. The number of nitrogens with one attached hydrogen (secondary N) is 1.